The number of amides is 1. The van der Waals surface area contributed by atoms with E-state index in [1.165, 1.54) is 17.2 Å². The van der Waals surface area contributed by atoms with Gasteiger partial charge < -0.3 is 25.2 Å². The van der Waals surface area contributed by atoms with Crippen molar-refractivity contribution in [3.63, 3.8) is 0 Å². The highest BCUT2D eigenvalue weighted by Crippen LogP contribution is 2.41. The van der Waals surface area contributed by atoms with Gasteiger partial charge in [-0.15, -0.1) is 0 Å². The van der Waals surface area contributed by atoms with Gasteiger partial charge in [0.05, 0.1) is 34.9 Å². The fourth-order valence-electron chi connectivity index (χ4n) is 5.21. The van der Waals surface area contributed by atoms with E-state index in [1.807, 2.05) is 4.90 Å². The number of hydrogen-bond acceptors (Lipinski definition) is 8. The van der Waals surface area contributed by atoms with Crippen molar-refractivity contribution >= 4 is 57.9 Å². The Morgan fingerprint density at radius 1 is 1.21 bits per heavy atom. The van der Waals surface area contributed by atoms with Crippen molar-refractivity contribution in [1.82, 2.24) is 15.3 Å². The molecule has 0 radical (unpaired) electrons. The molecular weight excluding hydrogens is 594 g/mol. The predicted octanol–water partition coefficient (Wildman–Crippen LogP) is 5.67. The molecule has 2 atom stereocenters. The monoisotopic (exact) mass is 623 g/mol. The molecule has 2 aliphatic rings. The van der Waals surface area contributed by atoms with Gasteiger partial charge in [0.25, 0.3) is 5.91 Å². The molecule has 2 N–H and O–H groups in total. The second-order valence-electron chi connectivity index (χ2n) is 10.3. The first-order chi connectivity index (χ1) is 20.0. The Kier molecular flexibility index (Phi) is 8.70. The Labute approximate surface area is 251 Å². The van der Waals surface area contributed by atoms with Crippen LogP contribution in [-0.2, 0) is 4.74 Å². The fourth-order valence-corrected chi connectivity index (χ4v) is 5.81. The number of ether oxygens (including phenoxy) is 1. The predicted molar refractivity (Wildman–Crippen MR) is 159 cm³/mol. The van der Waals surface area contributed by atoms with E-state index in [0.29, 0.717) is 59.2 Å². The molecule has 5 rings (SSSR count). The maximum absolute atomic E-state index is 14.0. The van der Waals surface area contributed by atoms with E-state index in [1.54, 1.807) is 49.4 Å². The van der Waals surface area contributed by atoms with E-state index in [-0.39, 0.29) is 35.7 Å². The number of nitrogens with zero attached hydrogens (tertiary/aromatic N) is 5. The van der Waals surface area contributed by atoms with Crippen LogP contribution in [0.1, 0.15) is 28.8 Å². The van der Waals surface area contributed by atoms with Gasteiger partial charge in [-0.3, -0.25) is 9.69 Å². The number of halogens is 5. The zero-order valence-corrected chi connectivity index (χ0v) is 24.7. The van der Waals surface area contributed by atoms with Crippen LogP contribution in [0.2, 0.25) is 10.0 Å². The zero-order chi connectivity index (χ0) is 30.2. The topological polar surface area (TPSA) is 85.9 Å². The molecule has 42 heavy (non-hydrogen) atoms. The highest BCUT2D eigenvalue weighted by molar-refractivity contribution is 6.40. The van der Waals surface area contributed by atoms with Gasteiger partial charge in [0.2, 0.25) is 5.95 Å². The second kappa shape index (κ2) is 12.1. The van der Waals surface area contributed by atoms with Crippen LogP contribution in [0.5, 0.6) is 0 Å². The summed E-state index contributed by atoms with van der Waals surface area (Å²) in [7, 11) is 3.35. The summed E-state index contributed by atoms with van der Waals surface area (Å²) in [6.07, 6.45) is -3.06. The van der Waals surface area contributed by atoms with Gasteiger partial charge in [-0.1, -0.05) is 29.3 Å². The number of carbonyl (C=O) groups is 1. The van der Waals surface area contributed by atoms with Crippen LogP contribution in [-0.4, -0.2) is 75.2 Å². The highest BCUT2D eigenvalue weighted by atomic mass is 35.5. The van der Waals surface area contributed by atoms with Crippen LogP contribution >= 0.6 is 23.2 Å². The lowest BCUT2D eigenvalue weighted by Crippen LogP contribution is -2.53. The first-order valence-electron chi connectivity index (χ1n) is 13.3. The molecule has 0 bridgehead atoms. The molecule has 1 amide bonds. The summed E-state index contributed by atoms with van der Waals surface area (Å²) in [5, 5.41) is 7.01. The minimum Gasteiger partial charge on any atom is -0.383 e. The molecule has 3 aromatic rings. The number of carbonyl (C=O) groups excluding carboxylic acids is 1. The number of hydrogen-bond donors (Lipinski definition) is 2. The number of aromatic nitrogens is 2. The van der Waals surface area contributed by atoms with E-state index in [4.69, 9.17) is 27.9 Å². The summed E-state index contributed by atoms with van der Waals surface area (Å²) in [5.41, 5.74) is 1.67. The molecule has 1 fully saturated rings. The largest absolute Gasteiger partial charge is 0.395 e. The summed E-state index contributed by atoms with van der Waals surface area (Å²) in [6, 6.07) is 9.87. The van der Waals surface area contributed by atoms with Gasteiger partial charge in [0.15, 0.2) is 0 Å². The third kappa shape index (κ3) is 6.07. The number of methoxy groups -OCH3 is 1. The van der Waals surface area contributed by atoms with E-state index in [9.17, 15) is 18.0 Å². The molecule has 0 spiro atoms. The Hall–Kier alpha value is -3.32. The van der Waals surface area contributed by atoms with Crippen LogP contribution in [0.3, 0.4) is 0 Å². The van der Waals surface area contributed by atoms with Crippen molar-refractivity contribution in [2.24, 2.45) is 0 Å². The molecule has 224 valence electrons. The first-order valence-corrected chi connectivity index (χ1v) is 14.0. The lowest BCUT2D eigenvalue weighted by atomic mass is 9.96. The maximum Gasteiger partial charge on any atom is 0.395 e. The number of piperazine rings is 1. The van der Waals surface area contributed by atoms with Gasteiger partial charge in [-0.25, -0.2) is 4.98 Å². The summed E-state index contributed by atoms with van der Waals surface area (Å²) in [4.78, 5) is 27.3. The smallest absolute Gasteiger partial charge is 0.383 e. The van der Waals surface area contributed by atoms with Crippen LogP contribution in [0.4, 0.5) is 42.0 Å². The molecule has 14 heteroatoms. The molecular formula is C28H30Cl2F3N7O2. The lowest BCUT2D eigenvalue weighted by Gasteiger charge is -2.37. The van der Waals surface area contributed by atoms with E-state index >= 15 is 0 Å². The summed E-state index contributed by atoms with van der Waals surface area (Å²) >= 11 is 12.7. The Morgan fingerprint density at radius 2 is 1.95 bits per heavy atom. The van der Waals surface area contributed by atoms with Crippen LogP contribution < -0.4 is 25.3 Å². The third-order valence-corrected chi connectivity index (χ3v) is 7.98. The van der Waals surface area contributed by atoms with Crippen molar-refractivity contribution in [3.8, 4) is 0 Å². The van der Waals surface area contributed by atoms with Gasteiger partial charge >= 0.3 is 6.18 Å². The van der Waals surface area contributed by atoms with E-state index < -0.39 is 12.1 Å². The van der Waals surface area contributed by atoms with Gasteiger partial charge in [-0.05, 0) is 42.8 Å². The Bertz CT molecular complexity index is 1450. The number of benzene rings is 2. The maximum atomic E-state index is 14.0. The van der Waals surface area contributed by atoms with Crippen molar-refractivity contribution in [2.45, 2.75) is 25.1 Å². The molecule has 3 heterocycles. The van der Waals surface area contributed by atoms with Gasteiger partial charge in [-0.2, -0.15) is 18.2 Å². The zero-order valence-electron chi connectivity index (χ0n) is 23.2. The minimum atomic E-state index is -4.44. The van der Waals surface area contributed by atoms with E-state index in [2.05, 4.69) is 20.6 Å². The van der Waals surface area contributed by atoms with Crippen LogP contribution in [0.15, 0.2) is 42.6 Å². The lowest BCUT2D eigenvalue weighted by molar-refractivity contribution is -0.146. The number of alkyl halides is 3. The third-order valence-electron chi connectivity index (χ3n) is 7.37. The SMILES string of the molecule is COC[C@H]1CN(c2ccc(Nc3ncc4c(n3)N(C)CN(c3c(Cl)cccc3Cl)C4=O)cc2C(C)C(F)(F)F)CCN1. The molecule has 0 saturated carbocycles. The van der Waals surface area contributed by atoms with E-state index in [0.717, 1.165) is 6.92 Å². The number of rotatable bonds is 7. The van der Waals surface area contributed by atoms with Crippen molar-refractivity contribution in [1.29, 1.82) is 0 Å². The second-order valence-corrected chi connectivity index (χ2v) is 11.1. The molecule has 9 nitrogen and oxygen atoms in total. The molecule has 1 unspecified atom stereocenters. The van der Waals surface area contributed by atoms with Gasteiger partial charge in [0.1, 0.15) is 11.4 Å². The quantitative estimate of drug-likeness (QED) is 0.348. The average Bonchev–Trinajstić information content (AvgIpc) is 2.95. The summed E-state index contributed by atoms with van der Waals surface area (Å²) in [6.45, 7) is 3.45. The number of nitrogens with one attached hydrogen (secondary N) is 2. The normalized spacial score (nSPS) is 18.2. The standard InChI is InChI=1S/C28H30Cl2F3N7O2/c1-16(28(31,32)33)19-11-17(7-8-23(19)39-10-9-34-18(13-39)14-42-3)36-27-35-12-20-25(37-27)38(2)15-40(26(20)41)24-21(29)5-4-6-22(24)30/h4-8,11-12,16,18,34H,9-10,13-15H2,1-3H3,(H,35,36,37)/t16?,18-/m1/s1. The van der Waals surface area contributed by atoms with Crippen molar-refractivity contribution in [2.75, 3.05) is 67.1 Å². The number of para-hydroxylation sites is 1. The average molecular weight is 624 g/mol. The van der Waals surface area contributed by atoms with Crippen LogP contribution in [0, 0.1) is 0 Å². The summed E-state index contributed by atoms with van der Waals surface area (Å²) in [5.74, 6) is -1.58. The number of fused-ring (bicyclic) bond motifs is 1. The molecule has 2 aromatic carbocycles. The van der Waals surface area contributed by atoms with Crippen molar-refractivity contribution < 1.29 is 22.7 Å². The van der Waals surface area contributed by atoms with Gasteiger partial charge in [0, 0.05) is 57.4 Å². The molecule has 2 aliphatic heterocycles. The summed E-state index contributed by atoms with van der Waals surface area (Å²) < 4.78 is 47.1. The molecule has 1 saturated heterocycles. The number of anilines is 5. The minimum absolute atomic E-state index is 0.00376. The molecule has 1 aromatic heterocycles. The molecule has 0 aliphatic carbocycles. The van der Waals surface area contributed by atoms with Crippen molar-refractivity contribution in [3.05, 3.63) is 63.8 Å². The Morgan fingerprint density at radius 3 is 2.64 bits per heavy atom. The Balaban J connectivity index is 1.43. The first kappa shape index (κ1) is 30.1. The fraction of sp³-hybridized carbons (Fsp3) is 0.393. The van der Waals surface area contributed by atoms with Crippen LogP contribution in [0.25, 0.3) is 0 Å². The highest BCUT2D eigenvalue weighted by Gasteiger charge is 2.39.